The zero-order valence-corrected chi connectivity index (χ0v) is 10.9. The molecular formula is C15H19N3O. The lowest BCUT2D eigenvalue weighted by Crippen LogP contribution is -2.43. The van der Waals surface area contributed by atoms with E-state index in [1.807, 2.05) is 30.3 Å². The summed E-state index contributed by atoms with van der Waals surface area (Å²) >= 11 is 0. The van der Waals surface area contributed by atoms with Gasteiger partial charge in [0, 0.05) is 24.0 Å². The van der Waals surface area contributed by atoms with Crippen LogP contribution < -0.4 is 16.3 Å². The third kappa shape index (κ3) is 2.63. The van der Waals surface area contributed by atoms with E-state index in [4.69, 9.17) is 0 Å². The van der Waals surface area contributed by atoms with Crippen LogP contribution in [0.15, 0.2) is 41.2 Å². The van der Waals surface area contributed by atoms with Crippen molar-refractivity contribution >= 4 is 10.9 Å². The summed E-state index contributed by atoms with van der Waals surface area (Å²) in [4.78, 5) is 12.0. The van der Waals surface area contributed by atoms with Gasteiger partial charge in [0.15, 0.2) is 0 Å². The van der Waals surface area contributed by atoms with Crippen LogP contribution in [0, 0.1) is 0 Å². The number of benzene rings is 1. The number of hydrogen-bond acceptors (Lipinski definition) is 3. The van der Waals surface area contributed by atoms with E-state index in [9.17, 15) is 4.79 Å². The molecule has 1 aromatic carbocycles. The van der Waals surface area contributed by atoms with Crippen LogP contribution in [0.4, 0.5) is 0 Å². The van der Waals surface area contributed by atoms with Crippen molar-refractivity contribution < 1.29 is 0 Å². The summed E-state index contributed by atoms with van der Waals surface area (Å²) in [6, 6.07) is 11.9. The van der Waals surface area contributed by atoms with Crippen LogP contribution in [-0.4, -0.2) is 23.8 Å². The molecule has 4 heteroatoms. The van der Waals surface area contributed by atoms with Crippen LogP contribution in [0.2, 0.25) is 0 Å². The molecular weight excluding hydrogens is 238 g/mol. The molecule has 1 fully saturated rings. The Morgan fingerprint density at radius 3 is 2.95 bits per heavy atom. The highest BCUT2D eigenvalue weighted by atomic mass is 16.1. The van der Waals surface area contributed by atoms with Crippen molar-refractivity contribution in [3.8, 4) is 0 Å². The van der Waals surface area contributed by atoms with Gasteiger partial charge in [-0.25, -0.2) is 4.68 Å². The number of piperidine rings is 1. The third-order valence-corrected chi connectivity index (χ3v) is 3.71. The number of pyridine rings is 1. The molecule has 1 aliphatic heterocycles. The highest BCUT2D eigenvalue weighted by Gasteiger charge is 2.12. The Morgan fingerprint density at radius 1 is 1.21 bits per heavy atom. The molecule has 0 spiro atoms. The van der Waals surface area contributed by atoms with Crippen molar-refractivity contribution in [1.29, 1.82) is 0 Å². The molecule has 0 aliphatic carbocycles. The summed E-state index contributed by atoms with van der Waals surface area (Å²) in [6.07, 6.45) is 3.70. The van der Waals surface area contributed by atoms with Crippen LogP contribution in [0.5, 0.6) is 0 Å². The summed E-state index contributed by atoms with van der Waals surface area (Å²) in [5, 5.41) is 4.55. The molecule has 1 aromatic heterocycles. The normalized spacial score (nSPS) is 19.5. The molecule has 0 saturated carbocycles. The van der Waals surface area contributed by atoms with Gasteiger partial charge < -0.3 is 10.7 Å². The minimum Gasteiger partial charge on any atom is -0.321 e. The number of nitrogens with one attached hydrogen (secondary N) is 2. The molecule has 1 atom stereocenters. The Morgan fingerprint density at radius 2 is 2.11 bits per heavy atom. The molecule has 100 valence electrons. The number of rotatable bonds is 3. The minimum absolute atomic E-state index is 0.00508. The van der Waals surface area contributed by atoms with Gasteiger partial charge in [-0.2, -0.15) is 0 Å². The van der Waals surface area contributed by atoms with Crippen LogP contribution in [0.3, 0.4) is 0 Å². The minimum atomic E-state index is -0.00508. The van der Waals surface area contributed by atoms with Crippen molar-refractivity contribution in [2.45, 2.75) is 25.3 Å². The molecule has 2 aromatic rings. The lowest BCUT2D eigenvalue weighted by Gasteiger charge is -2.24. The van der Waals surface area contributed by atoms with Crippen LogP contribution in [-0.2, 0) is 0 Å². The molecule has 19 heavy (non-hydrogen) atoms. The summed E-state index contributed by atoms with van der Waals surface area (Å²) in [7, 11) is 0. The number of nitrogens with zero attached hydrogens (tertiary/aromatic N) is 1. The molecule has 2 N–H and O–H groups in total. The van der Waals surface area contributed by atoms with E-state index >= 15 is 0 Å². The van der Waals surface area contributed by atoms with Gasteiger partial charge in [0.05, 0.1) is 5.52 Å². The fraction of sp³-hybridized carbons (Fsp3) is 0.400. The van der Waals surface area contributed by atoms with E-state index in [0.29, 0.717) is 6.04 Å². The van der Waals surface area contributed by atoms with E-state index in [0.717, 1.165) is 24.0 Å². The standard InChI is InChI=1S/C15H19N3O/c19-15-9-8-12-5-1-2-7-14(12)18(15)17-11-13-6-3-4-10-16-13/h1-2,5,7-9,13,16-17H,3-4,6,10-11H2. The van der Waals surface area contributed by atoms with Crippen LogP contribution >= 0.6 is 0 Å². The van der Waals surface area contributed by atoms with Crippen molar-refractivity contribution in [3.05, 3.63) is 46.8 Å². The molecule has 4 nitrogen and oxygen atoms in total. The fourth-order valence-corrected chi connectivity index (χ4v) is 2.65. The number of para-hydroxylation sites is 1. The smallest absolute Gasteiger partial charge is 0.269 e. The molecule has 0 bridgehead atoms. The maximum absolute atomic E-state index is 12.0. The van der Waals surface area contributed by atoms with Gasteiger partial charge in [-0.1, -0.05) is 24.6 Å². The lowest BCUT2D eigenvalue weighted by molar-refractivity contribution is 0.407. The van der Waals surface area contributed by atoms with Gasteiger partial charge in [0.1, 0.15) is 0 Å². The second kappa shape index (κ2) is 5.45. The molecule has 0 amide bonds. The predicted octanol–water partition coefficient (Wildman–Crippen LogP) is 1.69. The van der Waals surface area contributed by atoms with Gasteiger partial charge in [0.2, 0.25) is 0 Å². The van der Waals surface area contributed by atoms with E-state index in [1.54, 1.807) is 10.7 Å². The quantitative estimate of drug-likeness (QED) is 0.879. The number of hydrogen-bond donors (Lipinski definition) is 2. The Hall–Kier alpha value is -1.81. The molecule has 3 rings (SSSR count). The van der Waals surface area contributed by atoms with E-state index in [-0.39, 0.29) is 5.56 Å². The Labute approximate surface area is 112 Å². The Kier molecular flexibility index (Phi) is 3.51. The number of fused-ring (bicyclic) bond motifs is 1. The molecule has 0 radical (unpaired) electrons. The first-order valence-corrected chi connectivity index (χ1v) is 6.93. The van der Waals surface area contributed by atoms with E-state index in [1.165, 1.54) is 19.3 Å². The van der Waals surface area contributed by atoms with Crippen molar-refractivity contribution in [2.24, 2.45) is 0 Å². The molecule has 2 heterocycles. The van der Waals surface area contributed by atoms with Gasteiger partial charge in [-0.05, 0) is 31.5 Å². The third-order valence-electron chi connectivity index (χ3n) is 3.71. The first kappa shape index (κ1) is 12.2. The number of aromatic nitrogens is 1. The summed E-state index contributed by atoms with van der Waals surface area (Å²) < 4.78 is 1.66. The van der Waals surface area contributed by atoms with Crippen molar-refractivity contribution in [1.82, 2.24) is 9.99 Å². The monoisotopic (exact) mass is 257 g/mol. The SMILES string of the molecule is O=c1ccc2ccccc2n1NCC1CCCCN1. The maximum Gasteiger partial charge on any atom is 0.269 e. The summed E-state index contributed by atoms with van der Waals surface area (Å²) in [5.41, 5.74) is 4.20. The zero-order chi connectivity index (χ0) is 13.1. The van der Waals surface area contributed by atoms with Crippen molar-refractivity contribution in [2.75, 3.05) is 18.5 Å². The lowest BCUT2D eigenvalue weighted by atomic mass is 10.1. The van der Waals surface area contributed by atoms with Gasteiger partial charge in [-0.15, -0.1) is 0 Å². The second-order valence-electron chi connectivity index (χ2n) is 5.07. The average molecular weight is 257 g/mol. The zero-order valence-electron chi connectivity index (χ0n) is 10.9. The summed E-state index contributed by atoms with van der Waals surface area (Å²) in [5.74, 6) is 0. The fourth-order valence-electron chi connectivity index (χ4n) is 2.65. The predicted molar refractivity (Wildman–Crippen MR) is 78.1 cm³/mol. The topological polar surface area (TPSA) is 46.1 Å². The molecule has 1 saturated heterocycles. The molecule has 1 unspecified atom stereocenters. The van der Waals surface area contributed by atoms with E-state index < -0.39 is 0 Å². The first-order valence-electron chi connectivity index (χ1n) is 6.93. The van der Waals surface area contributed by atoms with E-state index in [2.05, 4.69) is 10.7 Å². The maximum atomic E-state index is 12.0. The largest absolute Gasteiger partial charge is 0.321 e. The van der Waals surface area contributed by atoms with Crippen LogP contribution in [0.25, 0.3) is 10.9 Å². The summed E-state index contributed by atoms with van der Waals surface area (Å²) in [6.45, 7) is 1.87. The van der Waals surface area contributed by atoms with Crippen LogP contribution in [0.1, 0.15) is 19.3 Å². The first-order chi connectivity index (χ1) is 9.34. The Balaban J connectivity index is 1.83. The molecule has 1 aliphatic rings. The highest BCUT2D eigenvalue weighted by Crippen LogP contribution is 2.10. The van der Waals surface area contributed by atoms with Crippen molar-refractivity contribution in [3.63, 3.8) is 0 Å². The highest BCUT2D eigenvalue weighted by molar-refractivity contribution is 5.78. The van der Waals surface area contributed by atoms with Gasteiger partial charge in [0.25, 0.3) is 5.56 Å². The van der Waals surface area contributed by atoms with Gasteiger partial charge >= 0.3 is 0 Å². The Bertz CT molecular complexity index is 614. The second-order valence-corrected chi connectivity index (χ2v) is 5.07. The average Bonchev–Trinajstić information content (AvgIpc) is 2.47. The van der Waals surface area contributed by atoms with Gasteiger partial charge in [-0.3, -0.25) is 4.79 Å².